The maximum absolute atomic E-state index is 10.5. The number of nitrogens with one attached hydrogen (secondary N) is 2. The number of amides is 3. The summed E-state index contributed by atoms with van der Waals surface area (Å²) < 4.78 is 0.0533. The predicted octanol–water partition coefficient (Wildman–Crippen LogP) is -0.564. The molecule has 3 amide bonds. The standard InChI is InChI=1S/C3H4IN3O2/c5-1-4-2(8)7-3(9)6-1/h(H4,5,6,7,8,9). The molecule has 1 aliphatic heterocycles. The Balaban J connectivity index is 2.79. The number of carbonyl (C=O) groups excluding carboxylic acids is 2. The van der Waals surface area contributed by atoms with Gasteiger partial charge in [-0.15, -0.1) is 0 Å². The normalized spacial score (nSPS) is 19.0. The number of carbonyl (C=O) groups is 2. The fourth-order valence-corrected chi connectivity index (χ4v) is 1.66. The second kappa shape index (κ2) is 2.40. The maximum atomic E-state index is 10.5. The minimum absolute atomic E-state index is 0.255. The van der Waals surface area contributed by atoms with E-state index in [0.717, 1.165) is 0 Å². The number of nitrogens with two attached hydrogens (primary N) is 1. The second-order valence-electron chi connectivity index (χ2n) is 1.30. The van der Waals surface area contributed by atoms with Crippen LogP contribution in [0.5, 0.6) is 0 Å². The number of urea groups is 1. The molecule has 0 bridgehead atoms. The molecule has 0 spiro atoms. The number of hydrogen-bond acceptors (Lipinski definition) is 3. The van der Waals surface area contributed by atoms with Crippen LogP contribution in [0.1, 0.15) is 0 Å². The van der Waals surface area contributed by atoms with Crippen molar-refractivity contribution in [2.24, 2.45) is 5.73 Å². The average Bonchev–Trinajstić information content (AvgIpc) is 1.59. The third kappa shape index (κ3) is 1.72. The Morgan fingerprint density at radius 3 is 2.44 bits per heavy atom. The lowest BCUT2D eigenvalue weighted by Gasteiger charge is -2.08. The SMILES string of the molecule is NC1=IC(=O)NC(=O)N1. The lowest BCUT2D eigenvalue weighted by molar-refractivity contribution is 0.240. The Kier molecular flexibility index (Phi) is 1.76. The fourth-order valence-electron chi connectivity index (χ4n) is 0.369. The first-order chi connectivity index (χ1) is 4.18. The van der Waals surface area contributed by atoms with Crippen molar-refractivity contribution in [3.05, 3.63) is 0 Å². The van der Waals surface area contributed by atoms with Crippen LogP contribution in [0.3, 0.4) is 0 Å². The summed E-state index contributed by atoms with van der Waals surface area (Å²) in [5.74, 6) is 0. The molecule has 0 aromatic rings. The van der Waals surface area contributed by atoms with Gasteiger partial charge in [-0.1, -0.05) is 0 Å². The molecule has 5 nitrogen and oxygen atoms in total. The van der Waals surface area contributed by atoms with Gasteiger partial charge in [-0.05, 0) is 0 Å². The highest BCUT2D eigenvalue weighted by atomic mass is 127. The van der Waals surface area contributed by atoms with E-state index in [2.05, 4.69) is 10.6 Å². The van der Waals surface area contributed by atoms with Gasteiger partial charge in [-0.3, -0.25) is 21.2 Å². The summed E-state index contributed by atoms with van der Waals surface area (Å²) in [6, 6.07) is -0.525. The van der Waals surface area contributed by atoms with E-state index in [1.807, 2.05) is 0 Å². The van der Waals surface area contributed by atoms with Crippen LogP contribution in [0.25, 0.3) is 0 Å². The zero-order chi connectivity index (χ0) is 6.85. The molecule has 0 unspecified atom stereocenters. The zero-order valence-electron chi connectivity index (χ0n) is 4.27. The van der Waals surface area contributed by atoms with Gasteiger partial charge in [0, 0.05) is 20.7 Å². The molecule has 1 rings (SSSR count). The van der Waals surface area contributed by atoms with Gasteiger partial charge >= 0.3 is 6.03 Å². The van der Waals surface area contributed by atoms with Crippen LogP contribution in [0.4, 0.5) is 9.59 Å². The van der Waals surface area contributed by atoms with Gasteiger partial charge in [0.15, 0.2) is 0 Å². The van der Waals surface area contributed by atoms with Crippen LogP contribution in [-0.4, -0.2) is 13.7 Å². The summed E-state index contributed by atoms with van der Waals surface area (Å²) >= 11 is -0.826. The van der Waals surface area contributed by atoms with Crippen molar-refractivity contribution in [3.8, 4) is 0 Å². The van der Waals surface area contributed by atoms with Crippen LogP contribution in [0.15, 0.2) is 0 Å². The molecule has 1 heterocycles. The summed E-state index contributed by atoms with van der Waals surface area (Å²) in [5, 5.41) is 4.35. The average molecular weight is 241 g/mol. The summed E-state index contributed by atoms with van der Waals surface area (Å²) in [5.41, 5.74) is 5.19. The third-order valence-electron chi connectivity index (χ3n) is 0.632. The van der Waals surface area contributed by atoms with Crippen molar-refractivity contribution in [3.63, 3.8) is 0 Å². The van der Waals surface area contributed by atoms with E-state index in [-0.39, 0.29) is 3.91 Å². The predicted molar refractivity (Wildman–Crippen MR) is 40.3 cm³/mol. The lowest BCUT2D eigenvalue weighted by Crippen LogP contribution is -2.47. The molecule has 0 saturated carbocycles. The lowest BCUT2D eigenvalue weighted by atomic mass is 10.9. The van der Waals surface area contributed by atoms with E-state index < -0.39 is 26.8 Å². The molecular weight excluding hydrogens is 237 g/mol. The van der Waals surface area contributed by atoms with Crippen LogP contribution >= 0.6 is 20.7 Å². The molecule has 0 saturated heterocycles. The Bertz CT molecular complexity index is 199. The van der Waals surface area contributed by atoms with Gasteiger partial charge in [0.25, 0.3) is 3.91 Å². The van der Waals surface area contributed by atoms with E-state index in [4.69, 9.17) is 5.73 Å². The van der Waals surface area contributed by atoms with E-state index in [1.54, 1.807) is 0 Å². The van der Waals surface area contributed by atoms with E-state index >= 15 is 0 Å². The van der Waals surface area contributed by atoms with Crippen molar-refractivity contribution in [2.75, 3.05) is 0 Å². The Hall–Kier alpha value is -0.500. The summed E-state index contributed by atoms with van der Waals surface area (Å²) in [6.45, 7) is 0. The molecule has 1 aliphatic rings. The Labute approximate surface area is 60.7 Å². The molecule has 0 aliphatic carbocycles. The first kappa shape index (κ1) is 6.62. The van der Waals surface area contributed by atoms with Crippen LogP contribution < -0.4 is 16.4 Å². The van der Waals surface area contributed by atoms with Crippen molar-refractivity contribution >= 4 is 34.4 Å². The van der Waals surface area contributed by atoms with Gasteiger partial charge in [-0.2, -0.15) is 0 Å². The molecule has 4 N–H and O–H groups in total. The van der Waals surface area contributed by atoms with E-state index in [0.29, 0.717) is 3.76 Å². The smallest absolute Gasteiger partial charge is 0.293 e. The fraction of sp³-hybridized carbons (Fsp3) is 0. The minimum Gasteiger partial charge on any atom is -0.293 e. The van der Waals surface area contributed by atoms with Crippen molar-refractivity contribution in [1.29, 1.82) is 0 Å². The molecule has 9 heavy (non-hydrogen) atoms. The van der Waals surface area contributed by atoms with Crippen LogP contribution in [0.2, 0.25) is 0 Å². The second-order valence-corrected chi connectivity index (χ2v) is 3.98. The highest BCUT2D eigenvalue weighted by Crippen LogP contribution is 2.00. The highest BCUT2D eigenvalue weighted by molar-refractivity contribution is 14.2. The molecule has 0 radical (unpaired) electrons. The maximum Gasteiger partial charge on any atom is 0.327 e. The summed E-state index contributed by atoms with van der Waals surface area (Å²) in [6.07, 6.45) is 0. The molecule has 0 atom stereocenters. The molecule has 6 heteroatoms. The number of hydrogen-bond donors (Lipinski definition) is 3. The quantitative estimate of drug-likeness (QED) is 0.302. The number of halogens is 1. The van der Waals surface area contributed by atoms with Crippen molar-refractivity contribution in [2.45, 2.75) is 0 Å². The number of imide groups is 1. The van der Waals surface area contributed by atoms with Crippen LogP contribution in [0, 0.1) is 0 Å². The molecule has 0 fully saturated rings. The monoisotopic (exact) mass is 241 g/mol. The van der Waals surface area contributed by atoms with E-state index in [1.165, 1.54) is 0 Å². The van der Waals surface area contributed by atoms with E-state index in [9.17, 15) is 9.59 Å². The van der Waals surface area contributed by atoms with Crippen LogP contribution in [-0.2, 0) is 0 Å². The van der Waals surface area contributed by atoms with Crippen molar-refractivity contribution in [1.82, 2.24) is 10.6 Å². The molecular formula is C3H4IN3O2. The van der Waals surface area contributed by atoms with Gasteiger partial charge in [0.2, 0.25) is 0 Å². The number of rotatable bonds is 0. The van der Waals surface area contributed by atoms with Gasteiger partial charge in [-0.25, -0.2) is 4.79 Å². The first-order valence-electron chi connectivity index (χ1n) is 2.07. The Morgan fingerprint density at radius 1 is 1.33 bits per heavy atom. The molecule has 0 aromatic heterocycles. The highest BCUT2D eigenvalue weighted by Gasteiger charge is 2.12. The van der Waals surface area contributed by atoms with Gasteiger partial charge in [0.1, 0.15) is 3.76 Å². The molecule has 0 aromatic carbocycles. The summed E-state index contributed by atoms with van der Waals surface area (Å²) in [4.78, 5) is 20.8. The topological polar surface area (TPSA) is 84.2 Å². The van der Waals surface area contributed by atoms with Crippen molar-refractivity contribution < 1.29 is 9.59 Å². The Morgan fingerprint density at radius 2 is 2.00 bits per heavy atom. The zero-order valence-corrected chi connectivity index (χ0v) is 6.43. The first-order valence-corrected chi connectivity index (χ1v) is 4.23. The van der Waals surface area contributed by atoms with Gasteiger partial charge < -0.3 is 0 Å². The minimum atomic E-state index is -0.826. The third-order valence-corrected chi connectivity index (χ3v) is 2.24. The molecule has 50 valence electrons. The summed E-state index contributed by atoms with van der Waals surface area (Å²) in [7, 11) is 0. The largest absolute Gasteiger partial charge is 0.327 e. The van der Waals surface area contributed by atoms with Gasteiger partial charge in [0.05, 0.1) is 0 Å².